The van der Waals surface area contributed by atoms with Crippen LogP contribution in [0.3, 0.4) is 0 Å². The second-order valence-corrected chi connectivity index (χ2v) is 9.43. The summed E-state index contributed by atoms with van der Waals surface area (Å²) in [6.07, 6.45) is 3.86. The van der Waals surface area contributed by atoms with Crippen molar-refractivity contribution in [2.24, 2.45) is 5.73 Å². The van der Waals surface area contributed by atoms with E-state index in [2.05, 4.69) is 0 Å². The molecule has 194 valence electrons. The molecule has 37 heavy (non-hydrogen) atoms. The number of para-hydroxylation sites is 1. The molecule has 0 spiro atoms. The van der Waals surface area contributed by atoms with Crippen LogP contribution in [0.4, 0.5) is 10.1 Å². The summed E-state index contributed by atoms with van der Waals surface area (Å²) >= 11 is 0. The molecule has 0 fully saturated rings. The van der Waals surface area contributed by atoms with Gasteiger partial charge in [0.2, 0.25) is 5.91 Å². The Labute approximate surface area is 217 Å². The predicted molar refractivity (Wildman–Crippen MR) is 143 cm³/mol. The lowest BCUT2D eigenvalue weighted by molar-refractivity contribution is -0.133. The molecule has 0 unspecified atom stereocenters. The van der Waals surface area contributed by atoms with Crippen LogP contribution in [0.1, 0.15) is 47.2 Å². The van der Waals surface area contributed by atoms with E-state index in [0.717, 1.165) is 36.9 Å². The van der Waals surface area contributed by atoms with Gasteiger partial charge in [-0.25, -0.2) is 4.39 Å². The molecule has 0 radical (unpaired) electrons. The zero-order valence-corrected chi connectivity index (χ0v) is 21.2. The van der Waals surface area contributed by atoms with E-state index in [9.17, 15) is 14.0 Å². The molecule has 1 atom stereocenters. The van der Waals surface area contributed by atoms with Gasteiger partial charge in [-0.3, -0.25) is 9.59 Å². The number of fused-ring (bicyclic) bond motifs is 1. The third kappa shape index (κ3) is 6.74. The number of halogens is 1. The number of carbonyl (C=O) groups is 2. The average molecular weight is 504 g/mol. The molecule has 0 bridgehead atoms. The molecule has 1 aliphatic heterocycles. The summed E-state index contributed by atoms with van der Waals surface area (Å²) in [6.45, 7) is 1.50. The normalized spacial score (nSPS) is 15.3. The molecule has 6 nitrogen and oxygen atoms in total. The van der Waals surface area contributed by atoms with Gasteiger partial charge < -0.3 is 20.3 Å². The maximum Gasteiger partial charge on any atom is 0.258 e. The topological polar surface area (TPSA) is 75.9 Å². The molecule has 0 saturated carbocycles. The number of hydrogen-bond acceptors (Lipinski definition) is 4. The zero-order valence-electron chi connectivity index (χ0n) is 21.2. The van der Waals surface area contributed by atoms with E-state index in [1.165, 1.54) is 12.1 Å². The van der Waals surface area contributed by atoms with E-state index >= 15 is 0 Å². The minimum Gasteiger partial charge on any atom is -0.497 e. The van der Waals surface area contributed by atoms with Crippen LogP contribution in [0.5, 0.6) is 5.75 Å². The number of rotatable bonds is 5. The molecular formula is C30H34FN3O3. The summed E-state index contributed by atoms with van der Waals surface area (Å²) in [5.41, 5.74) is 9.24. The van der Waals surface area contributed by atoms with Crippen LogP contribution in [0.25, 0.3) is 0 Å². The first-order valence-electron chi connectivity index (χ1n) is 12.8. The van der Waals surface area contributed by atoms with E-state index in [0.29, 0.717) is 36.5 Å². The zero-order chi connectivity index (χ0) is 26.2. The Morgan fingerprint density at radius 2 is 1.70 bits per heavy atom. The fourth-order valence-corrected chi connectivity index (χ4v) is 4.79. The second-order valence-electron chi connectivity index (χ2n) is 9.43. The van der Waals surface area contributed by atoms with E-state index in [4.69, 9.17) is 10.5 Å². The maximum absolute atomic E-state index is 13.7. The predicted octanol–water partition coefficient (Wildman–Crippen LogP) is 4.95. The van der Waals surface area contributed by atoms with Crippen molar-refractivity contribution in [3.8, 4) is 5.75 Å². The highest BCUT2D eigenvalue weighted by Gasteiger charge is 2.26. The van der Waals surface area contributed by atoms with E-state index < -0.39 is 6.04 Å². The average Bonchev–Trinajstić information content (AvgIpc) is 2.95. The highest BCUT2D eigenvalue weighted by Crippen LogP contribution is 2.27. The molecule has 4 rings (SSSR count). The summed E-state index contributed by atoms with van der Waals surface area (Å²) in [6, 6.07) is 20.3. The van der Waals surface area contributed by atoms with Gasteiger partial charge in [0.25, 0.3) is 5.91 Å². The molecular weight excluding hydrogens is 469 g/mol. The molecule has 2 N–H and O–H groups in total. The number of anilines is 1. The Balaban J connectivity index is 1.61. The van der Waals surface area contributed by atoms with Gasteiger partial charge in [0.05, 0.1) is 13.2 Å². The summed E-state index contributed by atoms with van der Waals surface area (Å²) in [7, 11) is 1.58. The lowest BCUT2D eigenvalue weighted by atomic mass is 10.0. The SMILES string of the molecule is COc1cccc(C(=O)N2CCCCCCN(C(=O)[C@H](N)Cc3cccc(F)c3)Cc3ccccc32)c1. The van der Waals surface area contributed by atoms with Crippen LogP contribution >= 0.6 is 0 Å². The van der Waals surface area contributed by atoms with Crippen LogP contribution in [0, 0.1) is 5.82 Å². The van der Waals surface area contributed by atoms with Crippen molar-refractivity contribution in [2.75, 3.05) is 25.1 Å². The van der Waals surface area contributed by atoms with Gasteiger partial charge in [0, 0.05) is 30.9 Å². The minimum atomic E-state index is -0.784. The van der Waals surface area contributed by atoms with Crippen molar-refractivity contribution in [3.63, 3.8) is 0 Å². The first-order chi connectivity index (χ1) is 18.0. The molecule has 3 aromatic rings. The highest BCUT2D eigenvalue weighted by molar-refractivity contribution is 6.06. The van der Waals surface area contributed by atoms with Crippen LogP contribution in [0.15, 0.2) is 72.8 Å². The fourth-order valence-electron chi connectivity index (χ4n) is 4.79. The molecule has 0 aliphatic carbocycles. The lowest BCUT2D eigenvalue weighted by Gasteiger charge is -2.29. The number of nitrogens with two attached hydrogens (primary N) is 1. The van der Waals surface area contributed by atoms with Gasteiger partial charge in [0.15, 0.2) is 0 Å². The maximum atomic E-state index is 13.7. The van der Waals surface area contributed by atoms with Crippen molar-refractivity contribution in [1.29, 1.82) is 0 Å². The van der Waals surface area contributed by atoms with Crippen LogP contribution in [-0.2, 0) is 17.8 Å². The first kappa shape index (κ1) is 26.4. The van der Waals surface area contributed by atoms with Crippen molar-refractivity contribution in [1.82, 2.24) is 4.90 Å². The summed E-state index contributed by atoms with van der Waals surface area (Å²) in [4.78, 5) is 30.7. The van der Waals surface area contributed by atoms with Crippen LogP contribution < -0.4 is 15.4 Å². The number of carbonyl (C=O) groups excluding carboxylic acids is 2. The summed E-state index contributed by atoms with van der Waals surface area (Å²) < 4.78 is 19.0. The summed E-state index contributed by atoms with van der Waals surface area (Å²) in [5.74, 6) is -0.00144. The number of benzene rings is 3. The van der Waals surface area contributed by atoms with E-state index in [1.54, 1.807) is 36.3 Å². The fraction of sp³-hybridized carbons (Fsp3) is 0.333. The molecule has 1 aliphatic rings. The summed E-state index contributed by atoms with van der Waals surface area (Å²) in [5, 5.41) is 0. The quantitative estimate of drug-likeness (QED) is 0.534. The number of amides is 2. The van der Waals surface area contributed by atoms with Crippen molar-refractivity contribution < 1.29 is 18.7 Å². The Morgan fingerprint density at radius 1 is 0.946 bits per heavy atom. The Kier molecular flexibility index (Phi) is 8.90. The van der Waals surface area contributed by atoms with Crippen LogP contribution in [-0.4, -0.2) is 43.0 Å². The van der Waals surface area contributed by atoms with E-state index in [1.807, 2.05) is 41.3 Å². The third-order valence-corrected chi connectivity index (χ3v) is 6.74. The largest absolute Gasteiger partial charge is 0.497 e. The van der Waals surface area contributed by atoms with Gasteiger partial charge in [0.1, 0.15) is 11.6 Å². The van der Waals surface area contributed by atoms with E-state index in [-0.39, 0.29) is 24.1 Å². The second kappa shape index (κ2) is 12.5. The van der Waals surface area contributed by atoms with Gasteiger partial charge in [-0.1, -0.05) is 49.2 Å². The number of nitrogens with zero attached hydrogens (tertiary/aromatic N) is 2. The monoisotopic (exact) mass is 503 g/mol. The van der Waals surface area contributed by atoms with Gasteiger partial charge in [-0.15, -0.1) is 0 Å². The molecule has 7 heteroatoms. The van der Waals surface area contributed by atoms with Crippen molar-refractivity contribution in [2.45, 2.75) is 44.7 Å². The molecule has 1 heterocycles. The van der Waals surface area contributed by atoms with Gasteiger partial charge in [-0.2, -0.15) is 0 Å². The molecule has 0 aromatic heterocycles. The van der Waals surface area contributed by atoms with Gasteiger partial charge in [-0.05, 0) is 66.8 Å². The molecule has 3 aromatic carbocycles. The standard InChI is InChI=1S/C30H34FN3O3/c1-37-26-14-9-12-23(20-26)29(35)34-17-7-3-2-6-16-33(21-24-11-4-5-15-28(24)34)30(36)27(32)19-22-10-8-13-25(31)18-22/h4-5,8-15,18,20,27H,2-3,6-7,16-17,19,21,32H2,1H3/t27-/m1/s1. The lowest BCUT2D eigenvalue weighted by Crippen LogP contribution is -2.45. The van der Waals surface area contributed by atoms with Crippen LogP contribution in [0.2, 0.25) is 0 Å². The Morgan fingerprint density at radius 3 is 2.49 bits per heavy atom. The third-order valence-electron chi connectivity index (χ3n) is 6.74. The molecule has 0 saturated heterocycles. The Hall–Kier alpha value is -3.71. The highest BCUT2D eigenvalue weighted by atomic mass is 19.1. The van der Waals surface area contributed by atoms with Crippen molar-refractivity contribution >= 4 is 17.5 Å². The Bertz CT molecular complexity index is 1230. The molecule has 2 amide bonds. The number of hydrogen-bond donors (Lipinski definition) is 1. The van der Waals surface area contributed by atoms with Crippen molar-refractivity contribution in [3.05, 3.63) is 95.3 Å². The smallest absolute Gasteiger partial charge is 0.258 e. The number of ether oxygens (including phenoxy) is 1. The minimum absolute atomic E-state index is 0.105. The number of methoxy groups -OCH3 is 1. The first-order valence-corrected chi connectivity index (χ1v) is 12.8. The van der Waals surface area contributed by atoms with Gasteiger partial charge >= 0.3 is 0 Å².